The van der Waals surface area contributed by atoms with Gasteiger partial charge in [-0.3, -0.25) is 24.1 Å². The number of fused-ring (bicyclic) bond motifs is 4. The van der Waals surface area contributed by atoms with Crippen molar-refractivity contribution >= 4 is 58.6 Å². The van der Waals surface area contributed by atoms with Crippen LogP contribution in [0.2, 0.25) is 5.02 Å². The Balaban J connectivity index is 1.34. The Labute approximate surface area is 296 Å². The van der Waals surface area contributed by atoms with E-state index in [-0.39, 0.29) is 52.1 Å². The molecular formula is C38H32ClFN2O9. The summed E-state index contributed by atoms with van der Waals surface area (Å²) in [6.45, 7) is 1.70. The molecule has 0 aromatic heterocycles. The highest BCUT2D eigenvalue weighted by atomic mass is 35.5. The number of nitrogens with zero attached hydrogens (tertiary/aromatic N) is 2. The predicted octanol–water partition coefficient (Wildman–Crippen LogP) is 5.88. The highest BCUT2D eigenvalue weighted by molar-refractivity contribution is 6.32. The summed E-state index contributed by atoms with van der Waals surface area (Å²) >= 11 is 6.07. The van der Waals surface area contributed by atoms with Crippen LogP contribution in [0.15, 0.2) is 72.3 Å². The second-order valence-electron chi connectivity index (χ2n) is 13.3. The number of imide groups is 2. The Morgan fingerprint density at radius 1 is 0.941 bits per heavy atom. The number of allylic oxidation sites excluding steroid dienone is 3. The molecule has 4 amide bonds. The second kappa shape index (κ2) is 12.4. The molecule has 2 heterocycles. The van der Waals surface area contributed by atoms with Gasteiger partial charge in [-0.15, -0.1) is 0 Å². The third-order valence-corrected chi connectivity index (χ3v) is 11.1. The van der Waals surface area contributed by atoms with Gasteiger partial charge in [-0.2, -0.15) is 0 Å². The van der Waals surface area contributed by atoms with Gasteiger partial charge in [0.25, 0.3) is 0 Å². The number of carbonyl (C=O) groups is 5. The first-order valence-corrected chi connectivity index (χ1v) is 16.6. The highest BCUT2D eigenvalue weighted by Crippen LogP contribution is 2.61. The molecule has 3 aromatic rings. The zero-order valence-corrected chi connectivity index (χ0v) is 28.4. The van der Waals surface area contributed by atoms with Crippen LogP contribution >= 0.6 is 11.6 Å². The fraction of sp³-hybridized carbons (Fsp3) is 0.289. The molecule has 11 nitrogen and oxygen atoms in total. The summed E-state index contributed by atoms with van der Waals surface area (Å²) in [6, 6.07) is 12.4. The number of phenols is 1. The number of benzene rings is 3. The number of hydrogen-bond donors (Lipinski definition) is 2. The van der Waals surface area contributed by atoms with Crippen molar-refractivity contribution < 1.29 is 48.0 Å². The van der Waals surface area contributed by atoms with Crippen molar-refractivity contribution in [3.05, 3.63) is 94.3 Å². The lowest BCUT2D eigenvalue weighted by molar-refractivity contribution is -0.132. The molecule has 3 aromatic carbocycles. The van der Waals surface area contributed by atoms with E-state index in [2.05, 4.69) is 0 Å². The SMILES string of the molecule is COc1cc(C=CC2C3=CCC4C(=O)N(c5cccc(C(=O)O)c5)C(=O)C4C3CC3C(=O)N(c4ccc(F)c(Cl)c4)C(=O)C23C)cc(OC)c1O. The van der Waals surface area contributed by atoms with Crippen LogP contribution < -0.4 is 19.3 Å². The van der Waals surface area contributed by atoms with Crippen LogP contribution in [-0.4, -0.2) is 54.0 Å². The summed E-state index contributed by atoms with van der Waals surface area (Å²) in [6.07, 6.45) is 5.62. The maximum absolute atomic E-state index is 14.5. The number of aromatic carboxylic acids is 1. The first kappa shape index (κ1) is 34.0. The average molecular weight is 715 g/mol. The van der Waals surface area contributed by atoms with E-state index in [1.807, 2.05) is 6.08 Å². The fourth-order valence-electron chi connectivity index (χ4n) is 8.34. The van der Waals surface area contributed by atoms with Crippen LogP contribution in [0.5, 0.6) is 17.2 Å². The molecule has 2 aliphatic carbocycles. The monoisotopic (exact) mass is 714 g/mol. The first-order chi connectivity index (χ1) is 24.3. The molecule has 6 atom stereocenters. The lowest BCUT2D eigenvalue weighted by Crippen LogP contribution is -2.49. The normalized spacial score (nSPS) is 27.0. The van der Waals surface area contributed by atoms with Crippen molar-refractivity contribution in [3.63, 3.8) is 0 Å². The highest BCUT2D eigenvalue weighted by Gasteiger charge is 2.67. The third-order valence-electron chi connectivity index (χ3n) is 10.8. The average Bonchev–Trinajstić information content (AvgIpc) is 3.48. The van der Waals surface area contributed by atoms with Gasteiger partial charge in [-0.25, -0.2) is 14.1 Å². The van der Waals surface area contributed by atoms with E-state index < -0.39 is 70.4 Å². The molecule has 6 unspecified atom stereocenters. The van der Waals surface area contributed by atoms with Gasteiger partial charge >= 0.3 is 5.97 Å². The first-order valence-electron chi connectivity index (χ1n) is 16.2. The number of methoxy groups -OCH3 is 2. The lowest BCUT2D eigenvalue weighted by Gasteiger charge is -2.47. The van der Waals surface area contributed by atoms with Crippen LogP contribution in [0.4, 0.5) is 15.8 Å². The van der Waals surface area contributed by atoms with Gasteiger partial charge in [0.05, 0.1) is 59.3 Å². The van der Waals surface area contributed by atoms with E-state index in [1.54, 1.807) is 31.2 Å². The predicted molar refractivity (Wildman–Crippen MR) is 183 cm³/mol. The van der Waals surface area contributed by atoms with Crippen LogP contribution in [0.1, 0.15) is 35.7 Å². The van der Waals surface area contributed by atoms with Gasteiger partial charge in [-0.1, -0.05) is 41.5 Å². The van der Waals surface area contributed by atoms with Crippen LogP contribution in [0.25, 0.3) is 6.08 Å². The van der Waals surface area contributed by atoms with Gasteiger partial charge in [-0.05, 0) is 79.8 Å². The number of ether oxygens (including phenoxy) is 2. The van der Waals surface area contributed by atoms with Gasteiger partial charge < -0.3 is 19.7 Å². The molecule has 1 saturated carbocycles. The van der Waals surface area contributed by atoms with Crippen molar-refractivity contribution in [2.45, 2.75) is 19.8 Å². The zero-order valence-electron chi connectivity index (χ0n) is 27.6. The number of anilines is 2. The second-order valence-corrected chi connectivity index (χ2v) is 13.7. The van der Waals surface area contributed by atoms with Crippen LogP contribution in [-0.2, 0) is 19.2 Å². The number of phenolic OH excluding ortho intramolecular Hbond substituents is 1. The number of carboxylic acid groups (broad SMARTS) is 1. The molecule has 3 fully saturated rings. The summed E-state index contributed by atoms with van der Waals surface area (Å²) in [7, 11) is 2.78. The molecule has 13 heteroatoms. The molecule has 0 spiro atoms. The summed E-state index contributed by atoms with van der Waals surface area (Å²) in [5, 5.41) is 19.8. The molecule has 0 bridgehead atoms. The van der Waals surface area contributed by atoms with E-state index in [4.69, 9.17) is 21.1 Å². The topological polar surface area (TPSA) is 151 Å². The Kier molecular flexibility index (Phi) is 8.25. The standard InChI is InChI=1S/C38H32ClFN2O9/c1-38-25(11-7-18-13-29(50-2)32(43)30(14-18)51-3)22-9-10-23-31(35(46)41(33(23)44)20-6-4-5-19(15-20)36(47)48)24(22)17-26(38)34(45)42(37(38)49)21-8-12-28(40)27(39)16-21/h4-9,11-16,23-26,31,43H,10,17H2,1-3H3,(H,47,48). The Bertz CT molecular complexity index is 2090. The van der Waals surface area contributed by atoms with Crippen LogP contribution in [0, 0.1) is 40.8 Å². The maximum atomic E-state index is 14.5. The quantitative estimate of drug-likeness (QED) is 0.226. The molecule has 262 valence electrons. The van der Waals surface area contributed by atoms with Gasteiger partial charge in [0, 0.05) is 5.92 Å². The van der Waals surface area contributed by atoms with E-state index in [9.17, 15) is 38.6 Å². The zero-order chi connectivity index (χ0) is 36.5. The summed E-state index contributed by atoms with van der Waals surface area (Å²) in [5.74, 6) is -7.85. The molecular weight excluding hydrogens is 683 g/mol. The lowest BCUT2D eigenvalue weighted by atomic mass is 9.52. The van der Waals surface area contributed by atoms with Gasteiger partial charge in [0.15, 0.2) is 11.5 Å². The number of carboxylic acids is 1. The Morgan fingerprint density at radius 3 is 2.27 bits per heavy atom. The third kappa shape index (κ3) is 5.11. The number of halogens is 2. The number of amides is 4. The molecule has 2 saturated heterocycles. The van der Waals surface area contributed by atoms with Gasteiger partial charge in [0.1, 0.15) is 5.82 Å². The minimum absolute atomic E-state index is 0.0761. The smallest absolute Gasteiger partial charge is 0.335 e. The number of carbonyl (C=O) groups excluding carboxylic acids is 4. The number of rotatable bonds is 7. The van der Waals surface area contributed by atoms with E-state index in [0.717, 1.165) is 15.9 Å². The molecule has 4 aliphatic rings. The molecule has 2 aliphatic heterocycles. The fourth-order valence-corrected chi connectivity index (χ4v) is 8.51. The summed E-state index contributed by atoms with van der Waals surface area (Å²) in [4.78, 5) is 70.7. The van der Waals surface area contributed by atoms with Crippen molar-refractivity contribution in [1.29, 1.82) is 0 Å². The number of hydrogen-bond acceptors (Lipinski definition) is 8. The number of aromatic hydroxyl groups is 1. The van der Waals surface area contributed by atoms with Crippen LogP contribution in [0.3, 0.4) is 0 Å². The molecule has 51 heavy (non-hydrogen) atoms. The minimum Gasteiger partial charge on any atom is -0.502 e. The minimum atomic E-state index is -1.37. The maximum Gasteiger partial charge on any atom is 0.335 e. The van der Waals surface area contributed by atoms with E-state index >= 15 is 0 Å². The van der Waals surface area contributed by atoms with Crippen molar-refractivity contribution in [2.75, 3.05) is 24.0 Å². The van der Waals surface area contributed by atoms with E-state index in [1.165, 1.54) is 50.6 Å². The molecule has 0 radical (unpaired) electrons. The van der Waals surface area contributed by atoms with Crippen molar-refractivity contribution in [2.24, 2.45) is 35.0 Å². The van der Waals surface area contributed by atoms with Crippen molar-refractivity contribution in [3.8, 4) is 17.2 Å². The Morgan fingerprint density at radius 2 is 1.63 bits per heavy atom. The largest absolute Gasteiger partial charge is 0.502 e. The molecule has 2 N–H and O–H groups in total. The van der Waals surface area contributed by atoms with Gasteiger partial charge in [0.2, 0.25) is 29.4 Å². The summed E-state index contributed by atoms with van der Waals surface area (Å²) < 4.78 is 24.8. The molecule has 7 rings (SSSR count). The Hall–Kier alpha value is -5.49. The van der Waals surface area contributed by atoms with E-state index in [0.29, 0.717) is 11.1 Å². The summed E-state index contributed by atoms with van der Waals surface area (Å²) in [5.41, 5.74) is 0.0587. The van der Waals surface area contributed by atoms with Crippen molar-refractivity contribution in [1.82, 2.24) is 0 Å².